The number of benzene rings is 1. The van der Waals surface area contributed by atoms with Gasteiger partial charge in [0.2, 0.25) is 11.2 Å². The smallest absolute Gasteiger partial charge is 0.242 e. The van der Waals surface area contributed by atoms with Gasteiger partial charge >= 0.3 is 0 Å². The normalized spacial score (nSPS) is 10.4. The summed E-state index contributed by atoms with van der Waals surface area (Å²) in [5.74, 6) is 0. The monoisotopic (exact) mass is 186 g/mol. The number of fused-ring (bicyclic) bond motifs is 1. The number of para-hydroxylation sites is 2. The van der Waals surface area contributed by atoms with E-state index in [0.29, 0.717) is 22.4 Å². The minimum absolute atomic E-state index is 0.582. The molecule has 3 nitrogen and oxygen atoms in total. The van der Waals surface area contributed by atoms with Gasteiger partial charge in [-0.3, -0.25) is 0 Å². The fraction of sp³-hybridized carbons (Fsp3) is 0.0909. The molecule has 3 heteroatoms. The van der Waals surface area contributed by atoms with Crippen molar-refractivity contribution in [1.29, 1.82) is 0 Å². The Morgan fingerprint density at radius 1 is 1.43 bits per heavy atom. The van der Waals surface area contributed by atoms with Crippen molar-refractivity contribution >= 4 is 17.1 Å². The predicted molar refractivity (Wildman–Crippen MR) is 55.5 cm³/mol. The summed E-state index contributed by atoms with van der Waals surface area (Å²) >= 11 is 0. The average Bonchev–Trinajstić information content (AvgIpc) is 2.23. The first-order valence-electron chi connectivity index (χ1n) is 4.35. The number of nitrogens with zero attached hydrogens (tertiary/aromatic N) is 2. The van der Waals surface area contributed by atoms with Gasteiger partial charge < -0.3 is 5.21 Å². The van der Waals surface area contributed by atoms with E-state index >= 15 is 0 Å². The van der Waals surface area contributed by atoms with Crippen molar-refractivity contribution in [3.05, 3.63) is 47.4 Å². The maximum Gasteiger partial charge on any atom is 0.242 e. The van der Waals surface area contributed by atoms with E-state index in [-0.39, 0.29) is 0 Å². The standard InChI is InChI=1S/C11H10N2O/c1-3-9-8(2)13(14)11-7-5-4-6-10(11)12-9/h3-7H,1H2,2H3. The molecule has 0 unspecified atom stereocenters. The molecular weight excluding hydrogens is 176 g/mol. The van der Waals surface area contributed by atoms with E-state index in [0.717, 1.165) is 4.73 Å². The molecule has 1 heterocycles. The summed E-state index contributed by atoms with van der Waals surface area (Å²) < 4.78 is 0.888. The van der Waals surface area contributed by atoms with E-state index in [2.05, 4.69) is 11.6 Å². The van der Waals surface area contributed by atoms with Crippen LogP contribution in [0.5, 0.6) is 0 Å². The van der Waals surface area contributed by atoms with Crippen LogP contribution in [0.1, 0.15) is 11.4 Å². The minimum Gasteiger partial charge on any atom is -0.618 e. The molecule has 0 N–H and O–H groups in total. The fourth-order valence-electron chi connectivity index (χ4n) is 1.42. The minimum atomic E-state index is 0.582. The Labute approximate surface area is 81.9 Å². The first-order valence-corrected chi connectivity index (χ1v) is 4.35. The highest BCUT2D eigenvalue weighted by Crippen LogP contribution is 2.10. The molecule has 0 atom stereocenters. The molecule has 70 valence electrons. The van der Waals surface area contributed by atoms with Gasteiger partial charge in [-0.1, -0.05) is 18.7 Å². The second-order valence-electron chi connectivity index (χ2n) is 3.07. The van der Waals surface area contributed by atoms with Crippen molar-refractivity contribution in [3.8, 4) is 0 Å². The lowest BCUT2D eigenvalue weighted by molar-refractivity contribution is -0.584. The molecular formula is C11H10N2O. The largest absolute Gasteiger partial charge is 0.618 e. The zero-order valence-corrected chi connectivity index (χ0v) is 7.90. The lowest BCUT2D eigenvalue weighted by Gasteiger charge is -2.05. The fourth-order valence-corrected chi connectivity index (χ4v) is 1.42. The van der Waals surface area contributed by atoms with E-state index in [1.54, 1.807) is 19.1 Å². The van der Waals surface area contributed by atoms with Gasteiger partial charge in [0.1, 0.15) is 11.2 Å². The molecule has 0 aliphatic carbocycles. The van der Waals surface area contributed by atoms with Crippen molar-refractivity contribution < 1.29 is 4.73 Å². The summed E-state index contributed by atoms with van der Waals surface area (Å²) in [6.07, 6.45) is 1.59. The number of hydrogen-bond donors (Lipinski definition) is 0. The predicted octanol–water partition coefficient (Wildman–Crippen LogP) is 1.82. The SMILES string of the molecule is C=Cc1nc2ccccc2[n+]([O-])c1C. The zero-order valence-electron chi connectivity index (χ0n) is 7.90. The molecule has 0 spiro atoms. The maximum atomic E-state index is 11.7. The van der Waals surface area contributed by atoms with Gasteiger partial charge in [-0.25, -0.2) is 4.98 Å². The molecule has 0 fully saturated rings. The quantitative estimate of drug-likeness (QED) is 0.503. The highest BCUT2D eigenvalue weighted by atomic mass is 16.5. The summed E-state index contributed by atoms with van der Waals surface area (Å²) in [6, 6.07) is 7.26. The number of aromatic nitrogens is 2. The maximum absolute atomic E-state index is 11.7. The Hall–Kier alpha value is -1.90. The molecule has 0 amide bonds. The van der Waals surface area contributed by atoms with Gasteiger partial charge in [0.05, 0.1) is 0 Å². The van der Waals surface area contributed by atoms with Crippen LogP contribution in [-0.2, 0) is 0 Å². The van der Waals surface area contributed by atoms with Gasteiger partial charge in [-0.2, -0.15) is 4.73 Å². The Bertz CT molecular complexity index is 506. The first-order chi connectivity index (χ1) is 6.74. The van der Waals surface area contributed by atoms with E-state index in [9.17, 15) is 5.21 Å². The summed E-state index contributed by atoms with van der Waals surface area (Å²) in [4.78, 5) is 4.32. The zero-order chi connectivity index (χ0) is 10.1. The molecule has 0 saturated carbocycles. The van der Waals surface area contributed by atoms with Gasteiger partial charge in [-0.15, -0.1) is 0 Å². The van der Waals surface area contributed by atoms with Crippen LogP contribution < -0.4 is 4.73 Å². The van der Waals surface area contributed by atoms with Crippen LogP contribution in [-0.4, -0.2) is 4.98 Å². The molecule has 0 aliphatic heterocycles. The van der Waals surface area contributed by atoms with Gasteiger partial charge in [0, 0.05) is 13.0 Å². The Balaban J connectivity index is 2.91. The van der Waals surface area contributed by atoms with Crippen LogP contribution in [0.15, 0.2) is 30.8 Å². The average molecular weight is 186 g/mol. The van der Waals surface area contributed by atoms with Crippen molar-refractivity contribution in [2.45, 2.75) is 6.92 Å². The van der Waals surface area contributed by atoms with Crippen LogP contribution >= 0.6 is 0 Å². The molecule has 0 aliphatic rings. The van der Waals surface area contributed by atoms with Crippen LogP contribution in [0, 0.1) is 12.1 Å². The van der Waals surface area contributed by atoms with Crippen LogP contribution in [0.25, 0.3) is 17.1 Å². The molecule has 0 radical (unpaired) electrons. The molecule has 1 aromatic carbocycles. The molecule has 0 bridgehead atoms. The van der Waals surface area contributed by atoms with E-state index in [1.807, 2.05) is 18.2 Å². The van der Waals surface area contributed by atoms with Gasteiger partial charge in [0.25, 0.3) is 0 Å². The highest BCUT2D eigenvalue weighted by molar-refractivity contribution is 5.72. The van der Waals surface area contributed by atoms with Gasteiger partial charge in [0.15, 0.2) is 0 Å². The highest BCUT2D eigenvalue weighted by Gasteiger charge is 2.11. The molecule has 2 aromatic rings. The third-order valence-electron chi connectivity index (χ3n) is 2.21. The third-order valence-corrected chi connectivity index (χ3v) is 2.21. The first kappa shape index (κ1) is 8.69. The van der Waals surface area contributed by atoms with E-state index in [4.69, 9.17) is 0 Å². The summed E-state index contributed by atoms with van der Waals surface area (Å²) in [5.41, 5.74) is 2.51. The van der Waals surface area contributed by atoms with E-state index < -0.39 is 0 Å². The summed E-state index contributed by atoms with van der Waals surface area (Å²) in [5, 5.41) is 11.7. The number of rotatable bonds is 1. The summed E-state index contributed by atoms with van der Waals surface area (Å²) in [7, 11) is 0. The molecule has 14 heavy (non-hydrogen) atoms. The Kier molecular flexibility index (Phi) is 1.93. The van der Waals surface area contributed by atoms with Crippen LogP contribution in [0.2, 0.25) is 0 Å². The van der Waals surface area contributed by atoms with Crippen molar-refractivity contribution in [1.82, 2.24) is 4.98 Å². The molecule has 1 aromatic heterocycles. The molecule has 2 rings (SSSR count). The second kappa shape index (κ2) is 3.10. The molecule has 0 saturated heterocycles. The summed E-state index contributed by atoms with van der Waals surface area (Å²) in [6.45, 7) is 5.36. The van der Waals surface area contributed by atoms with Crippen molar-refractivity contribution in [3.63, 3.8) is 0 Å². The van der Waals surface area contributed by atoms with Crippen molar-refractivity contribution in [2.75, 3.05) is 0 Å². The lowest BCUT2D eigenvalue weighted by atomic mass is 10.2. The van der Waals surface area contributed by atoms with Gasteiger partial charge in [-0.05, 0) is 12.1 Å². The lowest BCUT2D eigenvalue weighted by Crippen LogP contribution is -2.32. The van der Waals surface area contributed by atoms with Crippen molar-refractivity contribution in [2.24, 2.45) is 0 Å². The second-order valence-corrected chi connectivity index (χ2v) is 3.07. The number of hydrogen-bond acceptors (Lipinski definition) is 2. The topological polar surface area (TPSA) is 39.8 Å². The Morgan fingerprint density at radius 3 is 2.86 bits per heavy atom. The van der Waals surface area contributed by atoms with Crippen LogP contribution in [0.3, 0.4) is 0 Å². The third kappa shape index (κ3) is 1.14. The van der Waals surface area contributed by atoms with E-state index in [1.165, 1.54) is 0 Å². The Morgan fingerprint density at radius 2 is 2.14 bits per heavy atom. The van der Waals surface area contributed by atoms with Crippen LogP contribution in [0.4, 0.5) is 0 Å².